The fourth-order valence-corrected chi connectivity index (χ4v) is 1.92. The molecule has 1 N–H and O–H groups in total. The van der Waals surface area contributed by atoms with E-state index in [0.29, 0.717) is 0 Å². The highest BCUT2D eigenvalue weighted by atomic mass is 16.6. The maximum Gasteiger partial charge on any atom is 0.323 e. The Kier molecular flexibility index (Phi) is 5.40. The third-order valence-electron chi connectivity index (χ3n) is 2.84. The molecule has 4 heteroatoms. The predicted octanol–water partition coefficient (Wildman–Crippen LogP) is 1.40. The van der Waals surface area contributed by atoms with Gasteiger partial charge in [0.15, 0.2) is 0 Å². The van der Waals surface area contributed by atoms with Crippen molar-refractivity contribution in [2.45, 2.75) is 52.2 Å². The van der Waals surface area contributed by atoms with Gasteiger partial charge in [-0.25, -0.2) is 0 Å². The van der Waals surface area contributed by atoms with Crippen LogP contribution in [0.3, 0.4) is 0 Å². The van der Waals surface area contributed by atoms with Crippen LogP contribution < -0.4 is 5.32 Å². The Labute approximate surface area is 105 Å². The number of rotatable bonds is 5. The van der Waals surface area contributed by atoms with Gasteiger partial charge in [-0.1, -0.05) is 0 Å². The number of ether oxygens (including phenoxy) is 1. The molecular formula is C13H26N2O2. The Morgan fingerprint density at radius 3 is 2.47 bits per heavy atom. The zero-order valence-electron chi connectivity index (χ0n) is 11.6. The topological polar surface area (TPSA) is 41.6 Å². The molecule has 0 amide bonds. The average molecular weight is 242 g/mol. The number of hydrogen-bond acceptors (Lipinski definition) is 4. The third kappa shape index (κ3) is 6.03. The second kappa shape index (κ2) is 6.36. The SMILES string of the molecule is CC(NCCN1CCCC1)C(=O)OC(C)(C)C. The number of nitrogens with zero attached hydrogens (tertiary/aromatic N) is 1. The molecule has 4 nitrogen and oxygen atoms in total. The summed E-state index contributed by atoms with van der Waals surface area (Å²) >= 11 is 0. The summed E-state index contributed by atoms with van der Waals surface area (Å²) in [6.07, 6.45) is 2.61. The first-order chi connectivity index (χ1) is 7.88. The van der Waals surface area contributed by atoms with Gasteiger partial charge in [0.05, 0.1) is 0 Å². The Morgan fingerprint density at radius 1 is 1.35 bits per heavy atom. The molecular weight excluding hydrogens is 216 g/mol. The third-order valence-corrected chi connectivity index (χ3v) is 2.84. The summed E-state index contributed by atoms with van der Waals surface area (Å²) in [5, 5.41) is 3.22. The van der Waals surface area contributed by atoms with Gasteiger partial charge in [0, 0.05) is 13.1 Å². The molecule has 0 radical (unpaired) electrons. The van der Waals surface area contributed by atoms with E-state index in [9.17, 15) is 4.79 Å². The van der Waals surface area contributed by atoms with Gasteiger partial charge in [0.1, 0.15) is 11.6 Å². The lowest BCUT2D eigenvalue weighted by Gasteiger charge is -2.23. The van der Waals surface area contributed by atoms with Gasteiger partial charge < -0.3 is 15.0 Å². The van der Waals surface area contributed by atoms with Crippen molar-refractivity contribution in [2.24, 2.45) is 0 Å². The van der Waals surface area contributed by atoms with E-state index < -0.39 is 5.60 Å². The highest BCUT2D eigenvalue weighted by Gasteiger charge is 2.21. The summed E-state index contributed by atoms with van der Waals surface area (Å²) < 4.78 is 5.31. The first-order valence-corrected chi connectivity index (χ1v) is 6.57. The van der Waals surface area contributed by atoms with Gasteiger partial charge in [-0.2, -0.15) is 0 Å². The molecule has 1 aliphatic heterocycles. The Bertz CT molecular complexity index is 242. The smallest absolute Gasteiger partial charge is 0.323 e. The van der Waals surface area contributed by atoms with Crippen LogP contribution in [0.5, 0.6) is 0 Å². The minimum atomic E-state index is -0.401. The van der Waals surface area contributed by atoms with Crippen LogP contribution in [-0.4, -0.2) is 48.7 Å². The predicted molar refractivity (Wildman–Crippen MR) is 69.0 cm³/mol. The van der Waals surface area contributed by atoms with E-state index in [2.05, 4.69) is 10.2 Å². The van der Waals surface area contributed by atoms with E-state index in [1.165, 1.54) is 25.9 Å². The van der Waals surface area contributed by atoms with E-state index >= 15 is 0 Å². The Hall–Kier alpha value is -0.610. The van der Waals surface area contributed by atoms with Gasteiger partial charge in [0.2, 0.25) is 0 Å². The van der Waals surface area contributed by atoms with Gasteiger partial charge in [-0.05, 0) is 53.6 Å². The summed E-state index contributed by atoms with van der Waals surface area (Å²) in [7, 11) is 0. The zero-order chi connectivity index (χ0) is 12.9. The lowest BCUT2D eigenvalue weighted by Crippen LogP contribution is -2.42. The fourth-order valence-electron chi connectivity index (χ4n) is 1.92. The minimum absolute atomic E-state index is 0.168. The summed E-state index contributed by atoms with van der Waals surface area (Å²) in [4.78, 5) is 14.1. The monoisotopic (exact) mass is 242 g/mol. The lowest BCUT2D eigenvalue weighted by molar-refractivity contribution is -0.156. The van der Waals surface area contributed by atoms with Crippen LogP contribution in [0, 0.1) is 0 Å². The molecule has 1 fully saturated rings. The van der Waals surface area contributed by atoms with Crippen molar-refractivity contribution >= 4 is 5.97 Å². The summed E-state index contributed by atoms with van der Waals surface area (Å²) in [5.41, 5.74) is -0.401. The Balaban J connectivity index is 2.15. The van der Waals surface area contributed by atoms with Gasteiger partial charge >= 0.3 is 5.97 Å². The average Bonchev–Trinajstić information content (AvgIpc) is 2.67. The number of carbonyl (C=O) groups excluding carboxylic acids is 1. The highest BCUT2D eigenvalue weighted by Crippen LogP contribution is 2.08. The minimum Gasteiger partial charge on any atom is -0.459 e. The second-order valence-electron chi connectivity index (χ2n) is 5.76. The number of nitrogens with one attached hydrogen (secondary N) is 1. The summed E-state index contributed by atoms with van der Waals surface area (Å²) in [6, 6.07) is -0.225. The maximum atomic E-state index is 11.7. The zero-order valence-corrected chi connectivity index (χ0v) is 11.6. The van der Waals surface area contributed by atoms with Crippen molar-refractivity contribution in [3.8, 4) is 0 Å². The maximum absolute atomic E-state index is 11.7. The number of carbonyl (C=O) groups is 1. The molecule has 0 aromatic rings. The van der Waals surface area contributed by atoms with Crippen molar-refractivity contribution in [3.63, 3.8) is 0 Å². The molecule has 0 aliphatic carbocycles. The molecule has 1 unspecified atom stereocenters. The number of esters is 1. The van der Waals surface area contributed by atoms with E-state index in [0.717, 1.165) is 13.1 Å². The first-order valence-electron chi connectivity index (χ1n) is 6.57. The molecule has 1 atom stereocenters. The van der Waals surface area contributed by atoms with Crippen molar-refractivity contribution in [1.29, 1.82) is 0 Å². The molecule has 0 aromatic carbocycles. The summed E-state index contributed by atoms with van der Waals surface area (Å²) in [5.74, 6) is -0.168. The molecule has 1 saturated heterocycles. The quantitative estimate of drug-likeness (QED) is 0.740. The van der Waals surface area contributed by atoms with Crippen molar-refractivity contribution in [3.05, 3.63) is 0 Å². The molecule has 1 aliphatic rings. The van der Waals surface area contributed by atoms with Crippen LogP contribution in [0.4, 0.5) is 0 Å². The molecule has 100 valence electrons. The van der Waals surface area contributed by atoms with Crippen LogP contribution in [0.2, 0.25) is 0 Å². The van der Waals surface area contributed by atoms with E-state index in [1.807, 2.05) is 27.7 Å². The van der Waals surface area contributed by atoms with E-state index in [4.69, 9.17) is 4.74 Å². The number of likely N-dealkylation sites (tertiary alicyclic amines) is 1. The van der Waals surface area contributed by atoms with E-state index in [1.54, 1.807) is 0 Å². The van der Waals surface area contributed by atoms with Crippen LogP contribution >= 0.6 is 0 Å². The van der Waals surface area contributed by atoms with E-state index in [-0.39, 0.29) is 12.0 Å². The Morgan fingerprint density at radius 2 is 1.94 bits per heavy atom. The summed E-state index contributed by atoms with van der Waals surface area (Å²) in [6.45, 7) is 11.8. The van der Waals surface area contributed by atoms with Crippen molar-refractivity contribution in [2.75, 3.05) is 26.2 Å². The molecule has 0 bridgehead atoms. The second-order valence-corrected chi connectivity index (χ2v) is 5.76. The lowest BCUT2D eigenvalue weighted by atomic mass is 10.2. The molecule has 1 rings (SSSR count). The number of hydrogen-bond donors (Lipinski definition) is 1. The molecule has 17 heavy (non-hydrogen) atoms. The van der Waals surface area contributed by atoms with Crippen LogP contribution in [0.1, 0.15) is 40.5 Å². The standard InChI is InChI=1S/C13H26N2O2/c1-11(12(16)17-13(2,3)4)14-7-10-15-8-5-6-9-15/h11,14H,5-10H2,1-4H3. The van der Waals surface area contributed by atoms with Crippen molar-refractivity contribution in [1.82, 2.24) is 10.2 Å². The molecule has 0 spiro atoms. The molecule has 0 aromatic heterocycles. The normalized spacial score (nSPS) is 19.3. The van der Waals surface area contributed by atoms with Gasteiger partial charge in [-0.3, -0.25) is 4.79 Å². The fraction of sp³-hybridized carbons (Fsp3) is 0.923. The van der Waals surface area contributed by atoms with Crippen LogP contribution in [0.15, 0.2) is 0 Å². The highest BCUT2D eigenvalue weighted by molar-refractivity contribution is 5.75. The van der Waals surface area contributed by atoms with Crippen LogP contribution in [-0.2, 0) is 9.53 Å². The van der Waals surface area contributed by atoms with Crippen molar-refractivity contribution < 1.29 is 9.53 Å². The first kappa shape index (κ1) is 14.5. The van der Waals surface area contributed by atoms with Gasteiger partial charge in [0.25, 0.3) is 0 Å². The van der Waals surface area contributed by atoms with Gasteiger partial charge in [-0.15, -0.1) is 0 Å². The van der Waals surface area contributed by atoms with Crippen LogP contribution in [0.25, 0.3) is 0 Å². The molecule has 1 heterocycles. The largest absolute Gasteiger partial charge is 0.459 e. The molecule has 0 saturated carbocycles.